The zero-order chi connectivity index (χ0) is 28.6. The van der Waals surface area contributed by atoms with E-state index in [4.69, 9.17) is 55.9 Å². The van der Waals surface area contributed by atoms with Crippen LogP contribution >= 0.6 is 46.4 Å². The molecule has 12 heteroatoms. The quantitative estimate of drug-likeness (QED) is 0.131. The number of alkyl halides is 4. The number of ether oxygens (including phenoxy) is 2. The molecular weight excluding hydrogens is 590 g/mol. The van der Waals surface area contributed by atoms with E-state index >= 15 is 0 Å². The molecule has 39 heavy (non-hydrogen) atoms. The third-order valence-electron chi connectivity index (χ3n) is 5.67. The van der Waals surface area contributed by atoms with E-state index in [1.165, 1.54) is 0 Å². The van der Waals surface area contributed by atoms with Crippen molar-refractivity contribution in [1.82, 2.24) is 0 Å². The molecule has 0 aromatic heterocycles. The Morgan fingerprint density at radius 2 is 0.795 bits per heavy atom. The Hall–Kier alpha value is -1.36. The molecule has 0 amide bonds. The van der Waals surface area contributed by atoms with Gasteiger partial charge in [0, 0.05) is 44.0 Å². The van der Waals surface area contributed by atoms with Crippen molar-refractivity contribution in [2.75, 3.05) is 72.7 Å². The summed E-state index contributed by atoms with van der Waals surface area (Å²) in [5.41, 5.74) is 1.63. The number of nitrogens with zero attached hydrogens (tertiary/aromatic N) is 2. The van der Waals surface area contributed by atoms with Gasteiger partial charge in [0.1, 0.15) is 11.5 Å². The van der Waals surface area contributed by atoms with Crippen molar-refractivity contribution in [3.63, 3.8) is 0 Å². The lowest BCUT2D eigenvalue weighted by Gasteiger charge is -2.28. The van der Waals surface area contributed by atoms with Crippen LogP contribution in [0.1, 0.15) is 6.42 Å². The number of halogens is 4. The Morgan fingerprint density at radius 3 is 1.05 bits per heavy atom. The van der Waals surface area contributed by atoms with Crippen LogP contribution in [-0.2, 0) is 0 Å². The van der Waals surface area contributed by atoms with Crippen LogP contribution in [-0.4, -0.2) is 108 Å². The molecule has 0 radical (unpaired) electrons. The third kappa shape index (κ3) is 12.8. The number of aliphatic hydroxyl groups excluding tert-OH is 4. The normalized spacial score (nSPS) is 14.4. The summed E-state index contributed by atoms with van der Waals surface area (Å²) < 4.78 is 11.6. The fourth-order valence-corrected chi connectivity index (χ4v) is 4.12. The molecule has 0 saturated heterocycles. The zero-order valence-electron chi connectivity index (χ0n) is 21.7. The van der Waals surface area contributed by atoms with Crippen molar-refractivity contribution < 1.29 is 29.9 Å². The van der Waals surface area contributed by atoms with Crippen molar-refractivity contribution in [3.8, 4) is 11.5 Å². The van der Waals surface area contributed by atoms with E-state index in [1.54, 1.807) is 0 Å². The molecule has 0 aliphatic rings. The van der Waals surface area contributed by atoms with E-state index in [2.05, 4.69) is 0 Å². The van der Waals surface area contributed by atoms with Gasteiger partial charge in [-0.05, 0) is 48.5 Å². The standard InChI is InChI=1S/C27H38Cl4N2O6/c28-12-22(34)16-32(17-23(35)13-29)20-2-6-26(7-3-20)38-10-1-11-39-27-8-4-21(5-9-27)33(18-24(36)14-30)19-25(37)15-31/h2-9,22-25,34-37H,1,10-19H2. The Bertz CT molecular complexity index is 815. The summed E-state index contributed by atoms with van der Waals surface area (Å²) in [7, 11) is 0. The molecule has 2 aromatic carbocycles. The molecule has 0 bridgehead atoms. The fraction of sp³-hybridized carbons (Fsp3) is 0.556. The van der Waals surface area contributed by atoms with E-state index in [-0.39, 0.29) is 49.7 Å². The molecule has 2 rings (SSSR count). The van der Waals surface area contributed by atoms with Crippen LogP contribution in [0.15, 0.2) is 48.5 Å². The number of hydrogen-bond donors (Lipinski definition) is 4. The maximum absolute atomic E-state index is 9.94. The maximum atomic E-state index is 9.94. The van der Waals surface area contributed by atoms with Crippen LogP contribution in [0.5, 0.6) is 11.5 Å². The summed E-state index contributed by atoms with van der Waals surface area (Å²) in [5.74, 6) is 1.76. The highest BCUT2D eigenvalue weighted by Gasteiger charge is 2.17. The smallest absolute Gasteiger partial charge is 0.119 e. The largest absolute Gasteiger partial charge is 0.493 e. The van der Waals surface area contributed by atoms with Crippen LogP contribution in [0.25, 0.3) is 0 Å². The van der Waals surface area contributed by atoms with E-state index in [0.717, 1.165) is 11.4 Å². The minimum absolute atomic E-state index is 0.0940. The van der Waals surface area contributed by atoms with Crippen molar-refractivity contribution in [2.45, 2.75) is 30.8 Å². The van der Waals surface area contributed by atoms with Gasteiger partial charge in [0.2, 0.25) is 0 Å². The number of benzene rings is 2. The first-order chi connectivity index (χ1) is 18.8. The first-order valence-corrected chi connectivity index (χ1v) is 14.8. The van der Waals surface area contributed by atoms with Crippen LogP contribution in [0.4, 0.5) is 11.4 Å². The van der Waals surface area contributed by atoms with Crippen LogP contribution in [0, 0.1) is 0 Å². The highest BCUT2D eigenvalue weighted by molar-refractivity contribution is 6.18. The Balaban J connectivity index is 1.81. The van der Waals surface area contributed by atoms with Crippen molar-refractivity contribution >= 4 is 57.8 Å². The van der Waals surface area contributed by atoms with Crippen LogP contribution in [0.3, 0.4) is 0 Å². The fourth-order valence-electron chi connectivity index (χ4n) is 3.73. The highest BCUT2D eigenvalue weighted by atomic mass is 35.5. The molecule has 0 heterocycles. The second-order valence-corrected chi connectivity index (χ2v) is 10.3. The number of anilines is 2. The van der Waals surface area contributed by atoms with Crippen molar-refractivity contribution in [1.29, 1.82) is 0 Å². The van der Waals surface area contributed by atoms with Gasteiger partial charge in [0.25, 0.3) is 0 Å². The maximum Gasteiger partial charge on any atom is 0.119 e. The summed E-state index contributed by atoms with van der Waals surface area (Å²) in [6.45, 7) is 2.02. The topological polar surface area (TPSA) is 106 Å². The number of hydrogen-bond acceptors (Lipinski definition) is 8. The average Bonchev–Trinajstić information content (AvgIpc) is 2.96. The van der Waals surface area contributed by atoms with Crippen LogP contribution < -0.4 is 19.3 Å². The SMILES string of the molecule is OC(CCl)CN(CC(O)CCl)c1ccc(OCCCOc2ccc(N(CC(O)CCl)CC(O)CCl)cc2)cc1. The molecule has 4 N–H and O–H groups in total. The summed E-state index contributed by atoms with van der Waals surface area (Å²) in [6, 6.07) is 14.8. The monoisotopic (exact) mass is 626 g/mol. The Labute approximate surface area is 250 Å². The molecule has 4 atom stereocenters. The zero-order valence-corrected chi connectivity index (χ0v) is 24.7. The number of rotatable bonds is 20. The minimum Gasteiger partial charge on any atom is -0.493 e. The molecule has 0 fully saturated rings. The van der Waals surface area contributed by atoms with Gasteiger partial charge in [-0.2, -0.15) is 0 Å². The third-order valence-corrected chi connectivity index (χ3v) is 7.09. The van der Waals surface area contributed by atoms with Gasteiger partial charge in [-0.25, -0.2) is 0 Å². The molecule has 8 nitrogen and oxygen atoms in total. The van der Waals surface area contributed by atoms with Crippen molar-refractivity contribution in [2.24, 2.45) is 0 Å². The predicted molar refractivity (Wildman–Crippen MR) is 160 cm³/mol. The second kappa shape index (κ2) is 18.9. The molecule has 2 aromatic rings. The molecule has 0 spiro atoms. The molecular formula is C27H38Cl4N2O6. The minimum atomic E-state index is -0.729. The average molecular weight is 628 g/mol. The summed E-state index contributed by atoms with van der Waals surface area (Å²) >= 11 is 23.0. The first kappa shape index (κ1) is 33.8. The molecule has 0 aliphatic heterocycles. The van der Waals surface area contributed by atoms with E-state index in [9.17, 15) is 20.4 Å². The summed E-state index contributed by atoms with van der Waals surface area (Å²) in [6.07, 6.45) is -2.25. The van der Waals surface area contributed by atoms with Gasteiger partial charge in [-0.15, -0.1) is 46.4 Å². The van der Waals surface area contributed by atoms with Gasteiger partial charge < -0.3 is 39.7 Å². The molecule has 4 unspecified atom stereocenters. The van der Waals surface area contributed by atoms with Gasteiger partial charge in [-0.1, -0.05) is 0 Å². The van der Waals surface area contributed by atoms with Gasteiger partial charge in [0.05, 0.1) is 61.1 Å². The molecule has 0 aliphatic carbocycles. The van der Waals surface area contributed by atoms with Crippen molar-refractivity contribution in [3.05, 3.63) is 48.5 Å². The van der Waals surface area contributed by atoms with E-state index in [1.807, 2.05) is 58.3 Å². The first-order valence-electron chi connectivity index (χ1n) is 12.7. The van der Waals surface area contributed by atoms with E-state index < -0.39 is 24.4 Å². The van der Waals surface area contributed by atoms with Gasteiger partial charge in [0.15, 0.2) is 0 Å². The van der Waals surface area contributed by atoms with Crippen LogP contribution in [0.2, 0.25) is 0 Å². The summed E-state index contributed by atoms with van der Waals surface area (Å²) in [5, 5.41) is 39.8. The highest BCUT2D eigenvalue weighted by Crippen LogP contribution is 2.22. The summed E-state index contributed by atoms with van der Waals surface area (Å²) in [4.78, 5) is 3.67. The van der Waals surface area contributed by atoms with Gasteiger partial charge >= 0.3 is 0 Å². The molecule has 0 saturated carbocycles. The van der Waals surface area contributed by atoms with E-state index in [0.29, 0.717) is 31.1 Å². The lowest BCUT2D eigenvalue weighted by Crippen LogP contribution is -2.39. The molecule has 220 valence electrons. The second-order valence-electron chi connectivity index (χ2n) is 9.08. The number of aliphatic hydroxyl groups is 4. The Morgan fingerprint density at radius 1 is 0.513 bits per heavy atom. The van der Waals surface area contributed by atoms with Gasteiger partial charge in [-0.3, -0.25) is 0 Å². The predicted octanol–water partition coefficient (Wildman–Crippen LogP) is 3.55. The lowest BCUT2D eigenvalue weighted by molar-refractivity contribution is 0.180. The lowest BCUT2D eigenvalue weighted by atomic mass is 10.2. The Kier molecular flexibility index (Phi) is 16.4.